The van der Waals surface area contributed by atoms with E-state index >= 15 is 0 Å². The molecule has 20 heavy (non-hydrogen) atoms. The van der Waals surface area contributed by atoms with Crippen LogP contribution in [0.15, 0.2) is 12.5 Å². The zero-order valence-corrected chi connectivity index (χ0v) is 13.6. The summed E-state index contributed by atoms with van der Waals surface area (Å²) in [6, 6.07) is 2.21. The van der Waals surface area contributed by atoms with E-state index in [1.165, 1.54) is 6.33 Å². The number of hydrogen-bond donors (Lipinski definition) is 1. The van der Waals surface area contributed by atoms with E-state index in [0.717, 1.165) is 12.1 Å². The molecule has 0 aliphatic rings. The molecule has 0 saturated heterocycles. The van der Waals surface area contributed by atoms with E-state index in [1.807, 2.05) is 0 Å². The highest BCUT2D eigenvalue weighted by Crippen LogP contribution is 2.28. The molecule has 0 aromatic carbocycles. The Morgan fingerprint density at radius 3 is 2.55 bits per heavy atom. The van der Waals surface area contributed by atoms with E-state index < -0.39 is 14.0 Å². The van der Waals surface area contributed by atoms with Crippen LogP contribution in [0.2, 0.25) is 17.6 Å². The highest BCUT2D eigenvalue weighted by molar-refractivity contribution is 6.88. The molecule has 108 valence electrons. The molecular formula is C15H22N2O2Si. The third-order valence-electron chi connectivity index (χ3n) is 3.93. The van der Waals surface area contributed by atoms with Gasteiger partial charge >= 0.3 is 5.97 Å². The Hall–Kier alpha value is -1.67. The van der Waals surface area contributed by atoms with Crippen molar-refractivity contribution in [3.63, 3.8) is 0 Å². The largest absolute Gasteiger partial charge is 0.481 e. The third-order valence-corrected chi connectivity index (χ3v) is 9.28. The normalized spacial score (nSPS) is 11.1. The molecule has 0 amide bonds. The summed E-state index contributed by atoms with van der Waals surface area (Å²) in [6.07, 6.45) is 2.88. The average Bonchev–Trinajstić information content (AvgIpc) is 2.41. The number of carboxylic acids is 1. The Bertz CT molecular complexity index is 528. The lowest BCUT2D eigenvalue weighted by molar-refractivity contribution is -0.136. The number of rotatable bonds is 5. The van der Waals surface area contributed by atoms with Crippen molar-refractivity contribution in [2.75, 3.05) is 0 Å². The smallest absolute Gasteiger partial charge is 0.307 e. The second kappa shape index (κ2) is 7.20. The molecule has 1 aromatic heterocycles. The van der Waals surface area contributed by atoms with E-state index in [2.05, 4.69) is 49.1 Å². The predicted molar refractivity (Wildman–Crippen MR) is 82.1 cm³/mol. The SMILES string of the molecule is CC[Si](C#Cc1ncncc1CC(=O)O)(CC)C(C)C. The maximum atomic E-state index is 10.8. The number of aromatic nitrogens is 2. The zero-order valence-electron chi connectivity index (χ0n) is 12.6. The van der Waals surface area contributed by atoms with Crippen molar-refractivity contribution in [1.29, 1.82) is 0 Å². The first-order valence-corrected chi connectivity index (χ1v) is 9.48. The minimum absolute atomic E-state index is 0.0840. The average molecular weight is 290 g/mol. The van der Waals surface area contributed by atoms with Crippen molar-refractivity contribution in [1.82, 2.24) is 9.97 Å². The van der Waals surface area contributed by atoms with Gasteiger partial charge < -0.3 is 5.11 Å². The Morgan fingerprint density at radius 2 is 2.05 bits per heavy atom. The Balaban J connectivity index is 3.16. The molecule has 1 aromatic rings. The number of hydrogen-bond acceptors (Lipinski definition) is 3. The number of nitrogens with zero attached hydrogens (tertiary/aromatic N) is 2. The van der Waals surface area contributed by atoms with Crippen LogP contribution in [0.3, 0.4) is 0 Å². The van der Waals surface area contributed by atoms with Crippen LogP contribution in [0, 0.1) is 11.5 Å². The molecule has 0 fully saturated rings. The van der Waals surface area contributed by atoms with Crippen molar-refractivity contribution in [2.24, 2.45) is 0 Å². The van der Waals surface area contributed by atoms with Gasteiger partial charge in [0, 0.05) is 11.8 Å². The van der Waals surface area contributed by atoms with Crippen LogP contribution in [0.1, 0.15) is 39.0 Å². The Labute approximate surface area is 121 Å². The maximum absolute atomic E-state index is 10.8. The molecule has 1 heterocycles. The first-order chi connectivity index (χ1) is 9.45. The number of carbonyl (C=O) groups is 1. The highest BCUT2D eigenvalue weighted by Gasteiger charge is 2.31. The molecule has 0 aliphatic carbocycles. The molecule has 0 bridgehead atoms. The molecule has 0 atom stereocenters. The summed E-state index contributed by atoms with van der Waals surface area (Å²) >= 11 is 0. The van der Waals surface area contributed by atoms with Gasteiger partial charge in [0.1, 0.15) is 20.1 Å². The van der Waals surface area contributed by atoms with Crippen LogP contribution in [0.25, 0.3) is 0 Å². The second-order valence-corrected chi connectivity index (χ2v) is 10.4. The fourth-order valence-corrected chi connectivity index (χ4v) is 5.48. The van der Waals surface area contributed by atoms with Crippen molar-refractivity contribution >= 4 is 14.0 Å². The summed E-state index contributed by atoms with van der Waals surface area (Å²) in [5.41, 5.74) is 5.19. The summed E-state index contributed by atoms with van der Waals surface area (Å²) in [6.45, 7) is 8.85. The van der Waals surface area contributed by atoms with Crippen molar-refractivity contribution in [2.45, 2.75) is 51.7 Å². The molecule has 0 radical (unpaired) electrons. The lowest BCUT2D eigenvalue weighted by atomic mass is 10.2. The number of carboxylic acid groups (broad SMARTS) is 1. The Morgan fingerprint density at radius 1 is 1.40 bits per heavy atom. The zero-order chi connectivity index (χ0) is 15.2. The Kier molecular flexibility index (Phi) is 5.90. The van der Waals surface area contributed by atoms with E-state index in [0.29, 0.717) is 16.8 Å². The fraction of sp³-hybridized carbons (Fsp3) is 0.533. The van der Waals surface area contributed by atoms with E-state index in [1.54, 1.807) is 6.20 Å². The van der Waals surface area contributed by atoms with Crippen molar-refractivity contribution < 1.29 is 9.90 Å². The molecule has 0 unspecified atom stereocenters. The van der Waals surface area contributed by atoms with E-state index in [9.17, 15) is 4.79 Å². The quantitative estimate of drug-likeness (QED) is 0.669. The van der Waals surface area contributed by atoms with Crippen LogP contribution < -0.4 is 0 Å². The van der Waals surface area contributed by atoms with Gasteiger partial charge in [-0.15, -0.1) is 5.54 Å². The highest BCUT2D eigenvalue weighted by atomic mass is 28.3. The first-order valence-electron chi connectivity index (χ1n) is 6.99. The van der Waals surface area contributed by atoms with Gasteiger partial charge in [0.15, 0.2) is 0 Å². The molecule has 4 nitrogen and oxygen atoms in total. The van der Waals surface area contributed by atoms with Gasteiger partial charge in [-0.2, -0.15) is 0 Å². The fourth-order valence-electron chi connectivity index (χ4n) is 2.33. The standard InChI is InChI=1S/C15H22N2O2Si/c1-5-20(6-2,12(3)4)8-7-14-13(9-15(18)19)10-16-11-17-14/h10-12H,5-6,9H2,1-4H3,(H,18,19). The van der Waals surface area contributed by atoms with E-state index in [-0.39, 0.29) is 6.42 Å². The van der Waals surface area contributed by atoms with Crippen LogP contribution >= 0.6 is 0 Å². The van der Waals surface area contributed by atoms with Gasteiger partial charge in [0.05, 0.1) is 6.42 Å². The van der Waals surface area contributed by atoms with Crippen molar-refractivity contribution in [3.05, 3.63) is 23.8 Å². The van der Waals surface area contributed by atoms with Crippen molar-refractivity contribution in [3.8, 4) is 11.5 Å². The topological polar surface area (TPSA) is 63.1 Å². The molecule has 0 saturated carbocycles. The van der Waals surface area contributed by atoms with E-state index in [4.69, 9.17) is 5.11 Å². The van der Waals surface area contributed by atoms with Gasteiger partial charge in [0.25, 0.3) is 0 Å². The molecular weight excluding hydrogens is 268 g/mol. The molecule has 0 spiro atoms. The van der Waals surface area contributed by atoms with Crippen LogP contribution in [-0.4, -0.2) is 29.1 Å². The van der Waals surface area contributed by atoms with Crippen LogP contribution in [-0.2, 0) is 11.2 Å². The van der Waals surface area contributed by atoms with Gasteiger partial charge in [-0.05, 0) is 17.6 Å². The van der Waals surface area contributed by atoms with Crippen LogP contribution in [0.5, 0.6) is 0 Å². The second-order valence-electron chi connectivity index (χ2n) is 5.24. The number of aliphatic carboxylic acids is 1. The molecule has 0 aliphatic heterocycles. The predicted octanol–water partition coefficient (Wildman–Crippen LogP) is 2.89. The molecule has 5 heteroatoms. The summed E-state index contributed by atoms with van der Waals surface area (Å²) in [7, 11) is -1.64. The minimum Gasteiger partial charge on any atom is -0.481 e. The lowest BCUT2D eigenvalue weighted by Gasteiger charge is -2.27. The summed E-state index contributed by atoms with van der Waals surface area (Å²) in [4.78, 5) is 18.9. The minimum atomic E-state index is -1.64. The lowest BCUT2D eigenvalue weighted by Crippen LogP contribution is -2.34. The molecule has 1 N–H and O–H groups in total. The maximum Gasteiger partial charge on any atom is 0.307 e. The van der Waals surface area contributed by atoms with Gasteiger partial charge in [-0.25, -0.2) is 9.97 Å². The van der Waals surface area contributed by atoms with Gasteiger partial charge in [-0.3, -0.25) is 4.79 Å². The van der Waals surface area contributed by atoms with Gasteiger partial charge in [0.2, 0.25) is 0 Å². The molecule has 1 rings (SSSR count). The van der Waals surface area contributed by atoms with Crippen LogP contribution in [0.4, 0.5) is 0 Å². The summed E-state index contributed by atoms with van der Waals surface area (Å²) < 4.78 is 0. The monoisotopic (exact) mass is 290 g/mol. The third kappa shape index (κ3) is 3.91. The summed E-state index contributed by atoms with van der Waals surface area (Å²) in [5.74, 6) is 2.25. The first kappa shape index (κ1) is 16.4. The summed E-state index contributed by atoms with van der Waals surface area (Å²) in [5, 5.41) is 8.90. The van der Waals surface area contributed by atoms with Gasteiger partial charge in [-0.1, -0.05) is 33.6 Å².